The van der Waals surface area contributed by atoms with Crippen molar-refractivity contribution < 1.29 is 19.4 Å². The number of carbonyl (C=O) groups is 2. The number of hydrogen-bond donors (Lipinski definition) is 1. The molecule has 2 aliphatic rings. The van der Waals surface area contributed by atoms with Gasteiger partial charge in [-0.15, -0.1) is 0 Å². The zero-order chi connectivity index (χ0) is 23.7. The fourth-order valence-corrected chi connectivity index (χ4v) is 5.14. The highest BCUT2D eigenvalue weighted by Crippen LogP contribution is 2.43. The SMILES string of the molecule is COc1ccc(-c2ccc([C@H]3[C@H](CO)N4C(=O)CN(C(=O)Cc5ccccn5)C[C@@H]34)cc2)cc1. The van der Waals surface area contributed by atoms with Crippen molar-refractivity contribution in [2.24, 2.45) is 0 Å². The molecule has 7 nitrogen and oxygen atoms in total. The van der Waals surface area contributed by atoms with E-state index in [4.69, 9.17) is 4.74 Å². The van der Waals surface area contributed by atoms with E-state index in [9.17, 15) is 14.7 Å². The van der Waals surface area contributed by atoms with Gasteiger partial charge in [0.15, 0.2) is 0 Å². The number of aromatic nitrogens is 1. The molecule has 34 heavy (non-hydrogen) atoms. The second kappa shape index (κ2) is 9.27. The number of piperazine rings is 1. The third-order valence-electron chi connectivity index (χ3n) is 6.88. The molecule has 0 radical (unpaired) electrons. The predicted molar refractivity (Wildman–Crippen MR) is 127 cm³/mol. The number of carbonyl (C=O) groups excluding carboxylic acids is 2. The lowest BCUT2D eigenvalue weighted by Crippen LogP contribution is -2.73. The quantitative estimate of drug-likeness (QED) is 0.615. The Hall–Kier alpha value is -3.71. The second-order valence-electron chi connectivity index (χ2n) is 8.77. The van der Waals surface area contributed by atoms with Crippen LogP contribution in [0.3, 0.4) is 0 Å². The Kier molecular flexibility index (Phi) is 6.02. The molecular formula is C27H27N3O4. The second-order valence-corrected chi connectivity index (χ2v) is 8.77. The molecule has 0 aliphatic carbocycles. The molecule has 2 fully saturated rings. The minimum atomic E-state index is -0.266. The first-order chi connectivity index (χ1) is 16.6. The number of hydrogen-bond acceptors (Lipinski definition) is 5. The summed E-state index contributed by atoms with van der Waals surface area (Å²) in [7, 11) is 1.65. The van der Waals surface area contributed by atoms with Crippen molar-refractivity contribution >= 4 is 11.8 Å². The van der Waals surface area contributed by atoms with Gasteiger partial charge in [-0.05, 0) is 41.0 Å². The van der Waals surface area contributed by atoms with Crippen LogP contribution in [0.5, 0.6) is 5.75 Å². The molecule has 3 heterocycles. The summed E-state index contributed by atoms with van der Waals surface area (Å²) in [6, 6.07) is 21.2. The zero-order valence-corrected chi connectivity index (χ0v) is 19.0. The van der Waals surface area contributed by atoms with E-state index in [1.165, 1.54) is 0 Å². The average Bonchev–Trinajstić information content (AvgIpc) is 2.86. The fourth-order valence-electron chi connectivity index (χ4n) is 5.14. The van der Waals surface area contributed by atoms with Gasteiger partial charge in [-0.3, -0.25) is 14.6 Å². The third kappa shape index (κ3) is 4.03. The van der Waals surface area contributed by atoms with Crippen LogP contribution in [0.4, 0.5) is 0 Å². The number of benzene rings is 2. The molecule has 0 unspecified atom stereocenters. The molecular weight excluding hydrogens is 430 g/mol. The molecule has 2 amide bonds. The summed E-state index contributed by atoms with van der Waals surface area (Å²) in [5, 5.41) is 10.0. The van der Waals surface area contributed by atoms with Crippen molar-refractivity contribution in [3.63, 3.8) is 0 Å². The lowest BCUT2D eigenvalue weighted by Gasteiger charge is -2.58. The molecule has 0 spiro atoms. The number of amides is 2. The topological polar surface area (TPSA) is 83.0 Å². The number of nitrogens with zero attached hydrogens (tertiary/aromatic N) is 3. The third-order valence-corrected chi connectivity index (χ3v) is 6.88. The molecule has 0 bridgehead atoms. The van der Waals surface area contributed by atoms with Gasteiger partial charge in [0.05, 0.1) is 38.8 Å². The summed E-state index contributed by atoms with van der Waals surface area (Å²) in [5.74, 6) is 0.567. The maximum Gasteiger partial charge on any atom is 0.242 e. The number of fused-ring (bicyclic) bond motifs is 1. The molecule has 1 N–H and O–H groups in total. The fraction of sp³-hybridized carbons (Fsp3) is 0.296. The number of ether oxygens (including phenoxy) is 1. The van der Waals surface area contributed by atoms with E-state index in [1.54, 1.807) is 23.1 Å². The van der Waals surface area contributed by atoms with Crippen LogP contribution in [-0.2, 0) is 16.0 Å². The highest BCUT2D eigenvalue weighted by atomic mass is 16.5. The van der Waals surface area contributed by atoms with Crippen LogP contribution in [0.15, 0.2) is 72.9 Å². The number of rotatable bonds is 6. The van der Waals surface area contributed by atoms with Crippen molar-refractivity contribution in [2.75, 3.05) is 26.8 Å². The van der Waals surface area contributed by atoms with E-state index < -0.39 is 0 Å². The van der Waals surface area contributed by atoms with Gasteiger partial charge in [0.2, 0.25) is 11.8 Å². The molecule has 7 heteroatoms. The Bertz CT molecular complexity index is 1160. The van der Waals surface area contributed by atoms with Crippen LogP contribution < -0.4 is 4.74 Å². The summed E-state index contributed by atoms with van der Waals surface area (Å²) in [6.45, 7) is 0.398. The largest absolute Gasteiger partial charge is 0.497 e. The molecule has 2 saturated heterocycles. The monoisotopic (exact) mass is 457 g/mol. The summed E-state index contributed by atoms with van der Waals surface area (Å²) in [4.78, 5) is 33.4. The van der Waals surface area contributed by atoms with Crippen LogP contribution in [0.25, 0.3) is 11.1 Å². The predicted octanol–water partition coefficient (Wildman–Crippen LogP) is 2.50. The van der Waals surface area contributed by atoms with Crippen LogP contribution in [0.2, 0.25) is 0 Å². The molecule has 3 atom stereocenters. The average molecular weight is 458 g/mol. The van der Waals surface area contributed by atoms with E-state index in [0.29, 0.717) is 12.2 Å². The molecule has 5 rings (SSSR count). The van der Waals surface area contributed by atoms with Crippen LogP contribution in [0, 0.1) is 0 Å². The van der Waals surface area contributed by atoms with Crippen molar-refractivity contribution in [2.45, 2.75) is 24.4 Å². The minimum Gasteiger partial charge on any atom is -0.497 e. The lowest BCUT2D eigenvalue weighted by atomic mass is 9.73. The van der Waals surface area contributed by atoms with Gasteiger partial charge < -0.3 is 19.6 Å². The standard InChI is InChI=1S/C27H27N3O4/c1-34-22-11-9-19(10-12-22)18-5-7-20(8-6-18)27-23-15-29(16-26(33)30(23)24(27)17-31)25(32)14-21-4-2-3-13-28-21/h2-13,23-24,27,31H,14-17H2,1H3/t23-,24-,27+/m0/s1. The highest BCUT2D eigenvalue weighted by Gasteiger charge is 2.54. The van der Waals surface area contributed by atoms with Gasteiger partial charge in [0, 0.05) is 24.4 Å². The normalized spacial score (nSPS) is 21.6. The van der Waals surface area contributed by atoms with Crippen molar-refractivity contribution in [1.82, 2.24) is 14.8 Å². The highest BCUT2D eigenvalue weighted by molar-refractivity contribution is 5.88. The van der Waals surface area contributed by atoms with E-state index >= 15 is 0 Å². The molecule has 0 saturated carbocycles. The molecule has 2 aliphatic heterocycles. The summed E-state index contributed by atoms with van der Waals surface area (Å²) < 4.78 is 5.23. The van der Waals surface area contributed by atoms with E-state index in [0.717, 1.165) is 22.4 Å². The Morgan fingerprint density at radius 2 is 1.76 bits per heavy atom. The van der Waals surface area contributed by atoms with Gasteiger partial charge in [0.1, 0.15) is 5.75 Å². The number of methoxy groups -OCH3 is 1. The van der Waals surface area contributed by atoms with E-state index in [-0.39, 0.29) is 49.4 Å². The van der Waals surface area contributed by atoms with Gasteiger partial charge in [0.25, 0.3) is 0 Å². The maximum absolute atomic E-state index is 12.9. The number of aliphatic hydroxyl groups excluding tert-OH is 1. The molecule has 3 aromatic rings. The molecule has 174 valence electrons. The lowest BCUT2D eigenvalue weighted by molar-refractivity contribution is -0.166. The maximum atomic E-state index is 12.9. The van der Waals surface area contributed by atoms with Gasteiger partial charge in [-0.1, -0.05) is 42.5 Å². The Morgan fingerprint density at radius 1 is 1.06 bits per heavy atom. The van der Waals surface area contributed by atoms with Gasteiger partial charge >= 0.3 is 0 Å². The van der Waals surface area contributed by atoms with Crippen LogP contribution in [-0.4, -0.2) is 70.6 Å². The first-order valence-corrected chi connectivity index (χ1v) is 11.4. The van der Waals surface area contributed by atoms with Crippen molar-refractivity contribution in [1.29, 1.82) is 0 Å². The van der Waals surface area contributed by atoms with Crippen molar-refractivity contribution in [3.8, 4) is 16.9 Å². The summed E-state index contributed by atoms with van der Waals surface area (Å²) in [6.07, 6.45) is 1.83. The Labute approximate surface area is 198 Å². The minimum absolute atomic E-state index is 0.0238. The first-order valence-electron chi connectivity index (χ1n) is 11.4. The number of pyridine rings is 1. The first kappa shape index (κ1) is 22.1. The zero-order valence-electron chi connectivity index (χ0n) is 19.0. The Morgan fingerprint density at radius 3 is 2.38 bits per heavy atom. The smallest absolute Gasteiger partial charge is 0.242 e. The summed E-state index contributed by atoms with van der Waals surface area (Å²) >= 11 is 0. The number of aliphatic hydroxyl groups is 1. The Balaban J connectivity index is 1.33. The van der Waals surface area contributed by atoms with E-state index in [1.807, 2.05) is 42.5 Å². The van der Waals surface area contributed by atoms with Gasteiger partial charge in [-0.25, -0.2) is 0 Å². The summed E-state index contributed by atoms with van der Waals surface area (Å²) in [5.41, 5.74) is 3.91. The molecule has 1 aromatic heterocycles. The van der Waals surface area contributed by atoms with Crippen LogP contribution >= 0.6 is 0 Å². The van der Waals surface area contributed by atoms with E-state index in [2.05, 4.69) is 29.2 Å². The van der Waals surface area contributed by atoms with Crippen LogP contribution in [0.1, 0.15) is 17.2 Å². The van der Waals surface area contributed by atoms with Gasteiger partial charge in [-0.2, -0.15) is 0 Å². The van der Waals surface area contributed by atoms with Crippen molar-refractivity contribution in [3.05, 3.63) is 84.2 Å². The molecule has 2 aromatic carbocycles.